The second kappa shape index (κ2) is 3.78. The van der Waals surface area contributed by atoms with Crippen LogP contribution >= 0.6 is 0 Å². The van der Waals surface area contributed by atoms with Gasteiger partial charge >= 0.3 is 17.1 Å². The highest BCUT2D eigenvalue weighted by Crippen LogP contribution is 2.18. The average Bonchev–Trinajstić information content (AvgIpc) is 2.16. The zero-order valence-electron chi connectivity index (χ0n) is 7.10. The van der Waals surface area contributed by atoms with Crippen molar-refractivity contribution in [1.82, 2.24) is 0 Å². The molecule has 0 fully saturated rings. The quantitative estimate of drug-likeness (QED) is 0.280. The minimum absolute atomic E-state index is 0.424. The first-order valence-corrected chi connectivity index (χ1v) is 3.60. The number of rotatable bonds is 2. The van der Waals surface area contributed by atoms with Crippen LogP contribution in [0.3, 0.4) is 0 Å². The maximum atomic E-state index is 10.5. The lowest BCUT2D eigenvalue weighted by Crippen LogP contribution is -2.31. The Morgan fingerprint density at radius 2 is 1.93 bits per heavy atom. The molecule has 0 aliphatic heterocycles. The summed E-state index contributed by atoms with van der Waals surface area (Å²) in [6, 6.07) is 0. The molecule has 1 N–H and O–H groups in total. The second-order valence-corrected chi connectivity index (χ2v) is 2.55. The van der Waals surface area contributed by atoms with Crippen molar-refractivity contribution in [2.45, 2.75) is 6.10 Å². The highest BCUT2D eigenvalue weighted by Gasteiger charge is 2.43. The summed E-state index contributed by atoms with van der Waals surface area (Å²) < 4.78 is 0. The Hall–Kier alpha value is -2.38. The summed E-state index contributed by atoms with van der Waals surface area (Å²) in [4.78, 5) is 21.3. The molecule has 1 unspecified atom stereocenters. The molecule has 78 valence electrons. The topological polar surface area (TPSA) is 143 Å². The highest BCUT2D eigenvalue weighted by molar-refractivity contribution is 5.97. The number of hydrogen-bond donors (Lipinski definition) is 1. The maximum Gasteiger partial charge on any atom is 0.363 e. The molecule has 0 bridgehead atoms. The summed E-state index contributed by atoms with van der Waals surface area (Å²) in [5, 5.41) is 30.1. The molecule has 0 aromatic heterocycles. The van der Waals surface area contributed by atoms with Crippen molar-refractivity contribution >= 4 is 5.71 Å². The van der Waals surface area contributed by atoms with Crippen molar-refractivity contribution in [3.05, 3.63) is 49.3 Å². The highest BCUT2D eigenvalue weighted by atomic mass is 16.6. The predicted octanol–water partition coefficient (Wildman–Crippen LogP) is -0.647. The molecule has 9 nitrogen and oxygen atoms in total. The summed E-state index contributed by atoms with van der Waals surface area (Å²) in [5.74, 6) is 0. The molecule has 0 saturated heterocycles. The van der Waals surface area contributed by atoms with Gasteiger partial charge in [-0.05, 0) is 0 Å². The molecule has 0 aromatic carbocycles. The summed E-state index contributed by atoms with van der Waals surface area (Å²) in [6.07, 6.45) is -0.189. The van der Waals surface area contributed by atoms with Gasteiger partial charge in [-0.15, -0.1) is 0 Å². The lowest BCUT2D eigenvalue weighted by atomic mass is 10.0. The van der Waals surface area contributed by atoms with E-state index in [1.165, 1.54) is 0 Å². The van der Waals surface area contributed by atoms with Crippen LogP contribution in [0.15, 0.2) is 23.5 Å². The number of aliphatic hydroxyl groups excluding tert-OH is 1. The Morgan fingerprint density at radius 1 is 1.33 bits per heavy atom. The summed E-state index contributed by atoms with van der Waals surface area (Å²) >= 11 is 0. The Bertz CT molecular complexity index is 444. The van der Waals surface area contributed by atoms with Gasteiger partial charge in [0.15, 0.2) is 0 Å². The van der Waals surface area contributed by atoms with Crippen LogP contribution in [0.5, 0.6) is 0 Å². The van der Waals surface area contributed by atoms with Gasteiger partial charge in [0.1, 0.15) is 0 Å². The van der Waals surface area contributed by atoms with Crippen LogP contribution in [0.25, 0.3) is 5.53 Å². The molecule has 0 spiro atoms. The molecular formula is C6H4N4O5. The van der Waals surface area contributed by atoms with E-state index in [1.807, 2.05) is 0 Å². The number of hydrogen-bond acceptors (Lipinski definition) is 5. The fraction of sp³-hybridized carbons (Fsp3) is 0.167. The molecule has 1 rings (SSSR count). The monoisotopic (exact) mass is 212 g/mol. The van der Waals surface area contributed by atoms with Crippen molar-refractivity contribution in [1.29, 1.82) is 0 Å². The summed E-state index contributed by atoms with van der Waals surface area (Å²) in [7, 11) is 0. The fourth-order valence-corrected chi connectivity index (χ4v) is 1.06. The third kappa shape index (κ3) is 1.77. The third-order valence-electron chi connectivity index (χ3n) is 1.72. The van der Waals surface area contributed by atoms with Crippen LogP contribution in [0.1, 0.15) is 0 Å². The Labute approximate surface area is 81.9 Å². The van der Waals surface area contributed by atoms with Gasteiger partial charge in [0, 0.05) is 12.2 Å². The minimum Gasteiger partial charge on any atom is -0.372 e. The van der Waals surface area contributed by atoms with E-state index in [9.17, 15) is 25.3 Å². The Morgan fingerprint density at radius 3 is 2.33 bits per heavy atom. The SMILES string of the molecule is [N-]=[N+]=C1C=CC([N+](=O)[O-])=C([N+](=O)[O-])C1O. The van der Waals surface area contributed by atoms with Gasteiger partial charge in [-0.1, -0.05) is 0 Å². The first-order valence-electron chi connectivity index (χ1n) is 3.60. The average molecular weight is 212 g/mol. The zero-order chi connectivity index (χ0) is 11.6. The standard InChI is InChI=1S/C6H4N4O5/c7-8-3-1-2-4(9(12)13)5(6(3)11)10(14)15/h1-2,6,11H. The lowest BCUT2D eigenvalue weighted by Gasteiger charge is -2.04. The van der Waals surface area contributed by atoms with Gasteiger partial charge < -0.3 is 10.6 Å². The number of aliphatic hydroxyl groups is 1. The molecule has 0 heterocycles. The van der Waals surface area contributed by atoms with E-state index >= 15 is 0 Å². The number of nitro groups is 2. The molecule has 0 radical (unpaired) electrons. The number of nitrogens with zero attached hydrogens (tertiary/aromatic N) is 4. The predicted molar refractivity (Wildman–Crippen MR) is 44.8 cm³/mol. The maximum absolute atomic E-state index is 10.5. The molecule has 1 aliphatic carbocycles. The second-order valence-electron chi connectivity index (χ2n) is 2.55. The molecule has 9 heteroatoms. The molecule has 15 heavy (non-hydrogen) atoms. The zero-order valence-corrected chi connectivity index (χ0v) is 7.10. The van der Waals surface area contributed by atoms with Gasteiger partial charge in [0.2, 0.25) is 0 Å². The van der Waals surface area contributed by atoms with Crippen LogP contribution in [0.4, 0.5) is 0 Å². The van der Waals surface area contributed by atoms with Crippen LogP contribution in [0.2, 0.25) is 0 Å². The van der Waals surface area contributed by atoms with Crippen LogP contribution in [0, 0.1) is 20.2 Å². The van der Waals surface area contributed by atoms with E-state index in [0.717, 1.165) is 12.2 Å². The molecule has 0 saturated carbocycles. The molecular weight excluding hydrogens is 208 g/mol. The van der Waals surface area contributed by atoms with Crippen LogP contribution in [-0.2, 0) is 0 Å². The lowest BCUT2D eigenvalue weighted by molar-refractivity contribution is -0.473. The van der Waals surface area contributed by atoms with Crippen molar-refractivity contribution in [3.63, 3.8) is 0 Å². The summed E-state index contributed by atoms with van der Waals surface area (Å²) in [6.45, 7) is 0. The Kier molecular flexibility index (Phi) is 2.70. The minimum atomic E-state index is -1.91. The van der Waals surface area contributed by atoms with E-state index in [2.05, 4.69) is 4.79 Å². The van der Waals surface area contributed by atoms with Crippen molar-refractivity contribution in [2.24, 2.45) is 0 Å². The first-order chi connectivity index (χ1) is 6.99. The summed E-state index contributed by atoms with van der Waals surface area (Å²) in [5.41, 5.74) is 6.07. The molecule has 1 aliphatic rings. The van der Waals surface area contributed by atoms with Gasteiger partial charge in [0.25, 0.3) is 6.10 Å². The first kappa shape index (κ1) is 10.7. The largest absolute Gasteiger partial charge is 0.372 e. The van der Waals surface area contributed by atoms with E-state index in [4.69, 9.17) is 5.53 Å². The smallest absolute Gasteiger partial charge is 0.363 e. The Balaban J connectivity index is 3.39. The molecule has 1 atom stereocenters. The van der Waals surface area contributed by atoms with Crippen molar-refractivity contribution in [2.75, 3.05) is 0 Å². The van der Waals surface area contributed by atoms with Crippen LogP contribution in [-0.4, -0.2) is 31.6 Å². The number of allylic oxidation sites excluding steroid dienone is 1. The van der Waals surface area contributed by atoms with E-state index in [0.29, 0.717) is 0 Å². The van der Waals surface area contributed by atoms with Gasteiger partial charge in [-0.25, -0.2) is 0 Å². The molecule has 0 aromatic rings. The third-order valence-corrected chi connectivity index (χ3v) is 1.72. The fourth-order valence-electron chi connectivity index (χ4n) is 1.06. The van der Waals surface area contributed by atoms with Crippen molar-refractivity contribution < 1.29 is 19.7 Å². The van der Waals surface area contributed by atoms with Gasteiger partial charge in [0.05, 0.1) is 9.85 Å². The normalized spacial score (nSPS) is 20.1. The van der Waals surface area contributed by atoms with Crippen molar-refractivity contribution in [3.8, 4) is 0 Å². The molecule has 0 amide bonds. The van der Waals surface area contributed by atoms with Crippen LogP contribution < -0.4 is 0 Å². The van der Waals surface area contributed by atoms with E-state index in [1.54, 1.807) is 0 Å². The van der Waals surface area contributed by atoms with E-state index in [-0.39, 0.29) is 0 Å². The van der Waals surface area contributed by atoms with E-state index < -0.39 is 33.1 Å². The van der Waals surface area contributed by atoms with Gasteiger partial charge in [-0.3, -0.25) is 20.2 Å². The van der Waals surface area contributed by atoms with Gasteiger partial charge in [-0.2, -0.15) is 4.79 Å².